The predicted octanol–water partition coefficient (Wildman–Crippen LogP) is 2.10. The van der Waals surface area contributed by atoms with Crippen molar-refractivity contribution in [1.29, 1.82) is 0 Å². The van der Waals surface area contributed by atoms with E-state index in [0.29, 0.717) is 19.1 Å². The van der Waals surface area contributed by atoms with Crippen LogP contribution in [0.1, 0.15) is 34.6 Å². The van der Waals surface area contributed by atoms with Crippen molar-refractivity contribution in [3.63, 3.8) is 0 Å². The Labute approximate surface area is 99.3 Å². The van der Waals surface area contributed by atoms with E-state index < -0.39 is 0 Å². The SMILES string of the molecule is COCCN(CC(C)C)C(=O)NC(C)(C)C. The van der Waals surface area contributed by atoms with Crippen molar-refractivity contribution < 1.29 is 9.53 Å². The molecule has 0 radical (unpaired) electrons. The molecular weight excluding hydrogens is 204 g/mol. The van der Waals surface area contributed by atoms with Gasteiger partial charge in [-0.25, -0.2) is 4.79 Å². The van der Waals surface area contributed by atoms with Crippen LogP contribution >= 0.6 is 0 Å². The maximum Gasteiger partial charge on any atom is 0.317 e. The van der Waals surface area contributed by atoms with Gasteiger partial charge in [0.1, 0.15) is 0 Å². The van der Waals surface area contributed by atoms with E-state index in [0.717, 1.165) is 6.54 Å². The van der Waals surface area contributed by atoms with Gasteiger partial charge in [-0.2, -0.15) is 0 Å². The highest BCUT2D eigenvalue weighted by Gasteiger charge is 2.19. The zero-order valence-corrected chi connectivity index (χ0v) is 11.5. The Morgan fingerprint density at radius 1 is 1.38 bits per heavy atom. The average molecular weight is 230 g/mol. The molecule has 0 fully saturated rings. The molecule has 4 nitrogen and oxygen atoms in total. The van der Waals surface area contributed by atoms with Gasteiger partial charge in [-0.15, -0.1) is 0 Å². The molecule has 96 valence electrons. The van der Waals surface area contributed by atoms with E-state index in [1.54, 1.807) is 12.0 Å². The maximum atomic E-state index is 12.0. The van der Waals surface area contributed by atoms with Crippen molar-refractivity contribution in [2.45, 2.75) is 40.2 Å². The molecule has 16 heavy (non-hydrogen) atoms. The Morgan fingerprint density at radius 2 is 1.94 bits per heavy atom. The van der Waals surface area contributed by atoms with Gasteiger partial charge in [0.15, 0.2) is 0 Å². The van der Waals surface area contributed by atoms with Crippen LogP contribution in [0.25, 0.3) is 0 Å². The molecule has 0 atom stereocenters. The van der Waals surface area contributed by atoms with Gasteiger partial charge in [-0.1, -0.05) is 13.8 Å². The highest BCUT2D eigenvalue weighted by Crippen LogP contribution is 2.04. The van der Waals surface area contributed by atoms with E-state index in [2.05, 4.69) is 19.2 Å². The molecule has 0 unspecified atom stereocenters. The second kappa shape index (κ2) is 6.74. The Balaban J connectivity index is 4.31. The van der Waals surface area contributed by atoms with Crippen LogP contribution in [0.4, 0.5) is 4.79 Å². The monoisotopic (exact) mass is 230 g/mol. The van der Waals surface area contributed by atoms with Crippen molar-refractivity contribution in [3.05, 3.63) is 0 Å². The van der Waals surface area contributed by atoms with Crippen molar-refractivity contribution in [2.75, 3.05) is 26.8 Å². The molecule has 0 saturated heterocycles. The third-order valence-electron chi connectivity index (χ3n) is 1.92. The minimum atomic E-state index is -0.195. The summed E-state index contributed by atoms with van der Waals surface area (Å²) >= 11 is 0. The van der Waals surface area contributed by atoms with Crippen LogP contribution in [0.5, 0.6) is 0 Å². The number of urea groups is 1. The fourth-order valence-electron chi connectivity index (χ4n) is 1.32. The van der Waals surface area contributed by atoms with Crippen LogP contribution in [-0.4, -0.2) is 43.3 Å². The van der Waals surface area contributed by atoms with E-state index in [9.17, 15) is 4.79 Å². The van der Waals surface area contributed by atoms with Crippen LogP contribution in [0.3, 0.4) is 0 Å². The molecule has 0 spiro atoms. The first-order chi connectivity index (χ1) is 7.26. The first-order valence-corrected chi connectivity index (χ1v) is 5.82. The highest BCUT2D eigenvalue weighted by atomic mass is 16.5. The number of nitrogens with zero attached hydrogens (tertiary/aromatic N) is 1. The van der Waals surface area contributed by atoms with Gasteiger partial charge < -0.3 is 15.0 Å². The third kappa shape index (κ3) is 7.51. The summed E-state index contributed by atoms with van der Waals surface area (Å²) < 4.78 is 5.01. The molecule has 0 aromatic heterocycles. The minimum Gasteiger partial charge on any atom is -0.383 e. The molecule has 0 aliphatic carbocycles. The number of amides is 2. The Bertz CT molecular complexity index is 210. The number of carbonyl (C=O) groups is 1. The topological polar surface area (TPSA) is 41.6 Å². The molecule has 0 rings (SSSR count). The predicted molar refractivity (Wildman–Crippen MR) is 66.6 cm³/mol. The smallest absolute Gasteiger partial charge is 0.317 e. The van der Waals surface area contributed by atoms with Gasteiger partial charge in [-0.3, -0.25) is 0 Å². The van der Waals surface area contributed by atoms with Crippen LogP contribution < -0.4 is 5.32 Å². The largest absolute Gasteiger partial charge is 0.383 e. The molecule has 0 bridgehead atoms. The number of methoxy groups -OCH3 is 1. The molecule has 0 saturated carbocycles. The maximum absolute atomic E-state index is 12.0. The Kier molecular flexibility index (Phi) is 6.41. The van der Waals surface area contributed by atoms with Crippen molar-refractivity contribution >= 4 is 6.03 Å². The molecule has 0 aromatic carbocycles. The number of carbonyl (C=O) groups excluding carboxylic acids is 1. The summed E-state index contributed by atoms with van der Waals surface area (Å²) in [5.41, 5.74) is -0.195. The first-order valence-electron chi connectivity index (χ1n) is 5.82. The molecule has 0 aliphatic rings. The standard InChI is InChI=1S/C12H26N2O2/c1-10(2)9-14(7-8-16-6)11(15)13-12(3,4)5/h10H,7-9H2,1-6H3,(H,13,15). The Morgan fingerprint density at radius 3 is 2.31 bits per heavy atom. The van der Waals surface area contributed by atoms with Crippen molar-refractivity contribution in [1.82, 2.24) is 10.2 Å². The van der Waals surface area contributed by atoms with Gasteiger partial charge in [0.05, 0.1) is 6.61 Å². The molecular formula is C12H26N2O2. The summed E-state index contributed by atoms with van der Waals surface area (Å²) in [4.78, 5) is 13.8. The molecule has 0 aromatic rings. The number of nitrogens with one attached hydrogen (secondary N) is 1. The van der Waals surface area contributed by atoms with Gasteiger partial charge in [0, 0.05) is 25.7 Å². The lowest BCUT2D eigenvalue weighted by molar-refractivity contribution is 0.139. The normalized spacial score (nSPS) is 11.7. The lowest BCUT2D eigenvalue weighted by Gasteiger charge is -2.29. The molecule has 1 N–H and O–H groups in total. The number of rotatable bonds is 5. The number of ether oxygens (including phenoxy) is 1. The molecule has 0 aliphatic heterocycles. The molecule has 0 heterocycles. The highest BCUT2D eigenvalue weighted by molar-refractivity contribution is 5.74. The summed E-state index contributed by atoms with van der Waals surface area (Å²) in [6.07, 6.45) is 0. The second-order valence-electron chi connectivity index (χ2n) is 5.51. The van der Waals surface area contributed by atoms with E-state index in [-0.39, 0.29) is 11.6 Å². The summed E-state index contributed by atoms with van der Waals surface area (Å²) in [7, 11) is 1.65. The van der Waals surface area contributed by atoms with Gasteiger partial charge in [0.25, 0.3) is 0 Å². The molecule has 2 amide bonds. The van der Waals surface area contributed by atoms with Crippen LogP contribution in [0.2, 0.25) is 0 Å². The molecule has 4 heteroatoms. The lowest BCUT2D eigenvalue weighted by Crippen LogP contribution is -2.50. The summed E-state index contributed by atoms with van der Waals surface area (Å²) in [6.45, 7) is 12.1. The van der Waals surface area contributed by atoms with E-state index in [4.69, 9.17) is 4.74 Å². The van der Waals surface area contributed by atoms with Crippen molar-refractivity contribution in [3.8, 4) is 0 Å². The Hall–Kier alpha value is -0.770. The summed E-state index contributed by atoms with van der Waals surface area (Å²) in [5.74, 6) is 0.461. The zero-order valence-electron chi connectivity index (χ0n) is 11.5. The number of hydrogen-bond donors (Lipinski definition) is 1. The van der Waals surface area contributed by atoms with E-state index in [1.807, 2.05) is 20.8 Å². The van der Waals surface area contributed by atoms with Crippen LogP contribution in [-0.2, 0) is 4.74 Å². The van der Waals surface area contributed by atoms with Gasteiger partial charge in [0.2, 0.25) is 0 Å². The fourth-order valence-corrected chi connectivity index (χ4v) is 1.32. The van der Waals surface area contributed by atoms with Crippen LogP contribution in [0.15, 0.2) is 0 Å². The summed E-state index contributed by atoms with van der Waals surface area (Å²) in [5, 5.41) is 2.96. The van der Waals surface area contributed by atoms with E-state index in [1.165, 1.54) is 0 Å². The zero-order chi connectivity index (χ0) is 12.8. The van der Waals surface area contributed by atoms with Gasteiger partial charge in [-0.05, 0) is 26.7 Å². The van der Waals surface area contributed by atoms with Crippen molar-refractivity contribution in [2.24, 2.45) is 5.92 Å². The number of hydrogen-bond acceptors (Lipinski definition) is 2. The summed E-state index contributed by atoms with van der Waals surface area (Å²) in [6, 6.07) is -0.0155. The average Bonchev–Trinajstić information content (AvgIpc) is 2.08. The lowest BCUT2D eigenvalue weighted by atomic mass is 10.1. The van der Waals surface area contributed by atoms with Gasteiger partial charge >= 0.3 is 6.03 Å². The first kappa shape index (κ1) is 15.2. The van der Waals surface area contributed by atoms with E-state index >= 15 is 0 Å². The van der Waals surface area contributed by atoms with Crippen LogP contribution in [0, 0.1) is 5.92 Å². The quantitative estimate of drug-likeness (QED) is 0.786. The third-order valence-corrected chi connectivity index (χ3v) is 1.92. The minimum absolute atomic E-state index is 0.0155. The second-order valence-corrected chi connectivity index (χ2v) is 5.51. The fraction of sp³-hybridized carbons (Fsp3) is 0.917.